The van der Waals surface area contributed by atoms with Gasteiger partial charge in [0.15, 0.2) is 0 Å². The van der Waals surface area contributed by atoms with Crippen LogP contribution < -0.4 is 5.32 Å². The van der Waals surface area contributed by atoms with Crippen LogP contribution in [0.4, 0.5) is 5.69 Å². The summed E-state index contributed by atoms with van der Waals surface area (Å²) < 4.78 is 0. The lowest BCUT2D eigenvalue weighted by Gasteiger charge is -2.00. The van der Waals surface area contributed by atoms with Crippen LogP contribution >= 0.6 is 11.6 Å². The van der Waals surface area contributed by atoms with Crippen molar-refractivity contribution in [2.24, 2.45) is 0 Å². The second kappa shape index (κ2) is 5.58. The lowest BCUT2D eigenvalue weighted by atomic mass is 10.0. The van der Waals surface area contributed by atoms with E-state index in [1.54, 1.807) is 12.1 Å². The summed E-state index contributed by atoms with van der Waals surface area (Å²) in [5, 5.41) is 3.46. The molecule has 0 fully saturated rings. The van der Waals surface area contributed by atoms with Crippen molar-refractivity contribution in [3.8, 4) is 0 Å². The molecule has 0 saturated carbocycles. The predicted molar refractivity (Wildman–Crippen MR) is 88.2 cm³/mol. The number of rotatable bonds is 2. The second-order valence-corrected chi connectivity index (χ2v) is 5.44. The quantitative estimate of drug-likeness (QED) is 0.794. The van der Waals surface area contributed by atoms with Gasteiger partial charge >= 0.3 is 0 Å². The Balaban J connectivity index is 1.97. The molecule has 3 heteroatoms. The van der Waals surface area contributed by atoms with Crippen LogP contribution in [-0.4, -0.2) is 5.91 Å². The summed E-state index contributed by atoms with van der Waals surface area (Å²) in [6.45, 7) is 1.99. The van der Waals surface area contributed by atoms with Gasteiger partial charge in [-0.15, -0.1) is 0 Å². The number of allylic oxidation sites excluding steroid dienone is 2. The molecule has 3 rings (SSSR count). The van der Waals surface area contributed by atoms with Crippen molar-refractivity contribution in [3.63, 3.8) is 0 Å². The molecule has 2 aromatic carbocycles. The van der Waals surface area contributed by atoms with Crippen molar-refractivity contribution in [2.75, 3.05) is 5.32 Å². The van der Waals surface area contributed by atoms with Gasteiger partial charge in [-0.2, -0.15) is 0 Å². The summed E-state index contributed by atoms with van der Waals surface area (Å²) in [4.78, 5) is 12.1. The summed E-state index contributed by atoms with van der Waals surface area (Å²) in [5.74, 6) is -0.0897. The van der Waals surface area contributed by atoms with Gasteiger partial charge in [0.05, 0.1) is 5.69 Å². The summed E-state index contributed by atoms with van der Waals surface area (Å²) >= 11 is 5.95. The number of benzene rings is 2. The van der Waals surface area contributed by atoms with Gasteiger partial charge in [0.1, 0.15) is 0 Å². The molecule has 2 aromatic rings. The smallest absolute Gasteiger partial charge is 0.256 e. The zero-order valence-corrected chi connectivity index (χ0v) is 12.3. The van der Waals surface area contributed by atoms with E-state index in [0.717, 1.165) is 22.4 Å². The highest BCUT2D eigenvalue weighted by atomic mass is 35.5. The molecule has 0 unspecified atom stereocenters. The SMILES string of the molecule is CC(=C\c1ccccc1)/C=C1/C(=O)Nc2cc(Cl)ccc21. The van der Waals surface area contributed by atoms with Gasteiger partial charge in [-0.1, -0.05) is 54.1 Å². The molecule has 0 spiro atoms. The summed E-state index contributed by atoms with van der Waals surface area (Å²) in [5.41, 5.74) is 4.47. The first kappa shape index (κ1) is 13.7. The van der Waals surface area contributed by atoms with Gasteiger partial charge in [0, 0.05) is 16.2 Å². The number of amides is 1. The van der Waals surface area contributed by atoms with Crippen LogP contribution in [0.1, 0.15) is 18.1 Å². The molecule has 21 heavy (non-hydrogen) atoms. The first-order valence-corrected chi connectivity index (χ1v) is 7.07. The maximum Gasteiger partial charge on any atom is 0.256 e. The Morgan fingerprint density at radius 2 is 1.90 bits per heavy atom. The number of hydrogen-bond donors (Lipinski definition) is 1. The molecule has 0 aromatic heterocycles. The van der Waals surface area contributed by atoms with Gasteiger partial charge < -0.3 is 5.32 Å². The second-order valence-electron chi connectivity index (χ2n) is 5.00. The Morgan fingerprint density at radius 3 is 2.67 bits per heavy atom. The Labute approximate surface area is 128 Å². The summed E-state index contributed by atoms with van der Waals surface area (Å²) in [7, 11) is 0. The number of anilines is 1. The van der Waals surface area contributed by atoms with Crippen molar-refractivity contribution in [1.29, 1.82) is 0 Å². The van der Waals surface area contributed by atoms with Crippen LogP contribution in [0.15, 0.2) is 60.2 Å². The fourth-order valence-corrected chi connectivity index (χ4v) is 2.56. The van der Waals surface area contributed by atoms with Gasteiger partial charge in [-0.25, -0.2) is 0 Å². The van der Waals surface area contributed by atoms with Crippen molar-refractivity contribution < 1.29 is 4.79 Å². The molecular weight excluding hydrogens is 282 g/mol. The molecule has 2 nitrogen and oxygen atoms in total. The van der Waals surface area contributed by atoms with Crippen molar-refractivity contribution >= 4 is 34.8 Å². The molecule has 1 heterocycles. The van der Waals surface area contributed by atoms with E-state index in [-0.39, 0.29) is 5.91 Å². The van der Waals surface area contributed by atoms with E-state index in [2.05, 4.69) is 5.32 Å². The van der Waals surface area contributed by atoms with Crippen molar-refractivity contribution in [2.45, 2.75) is 6.92 Å². The van der Waals surface area contributed by atoms with Crippen LogP contribution in [-0.2, 0) is 4.79 Å². The van der Waals surface area contributed by atoms with Crippen LogP contribution in [0, 0.1) is 0 Å². The monoisotopic (exact) mass is 295 g/mol. The van der Waals surface area contributed by atoms with Crippen LogP contribution in [0.2, 0.25) is 5.02 Å². The minimum absolute atomic E-state index is 0.0897. The minimum Gasteiger partial charge on any atom is -0.321 e. The van der Waals surface area contributed by atoms with E-state index in [4.69, 9.17) is 11.6 Å². The maximum atomic E-state index is 12.1. The standard InChI is InChI=1S/C18H14ClNO/c1-12(9-13-5-3-2-4-6-13)10-16-15-8-7-14(19)11-17(15)20-18(16)21/h2-11H,1H3,(H,20,21)/b12-9+,16-10+. The normalized spacial score (nSPS) is 16.0. The highest BCUT2D eigenvalue weighted by Crippen LogP contribution is 2.34. The molecule has 1 N–H and O–H groups in total. The first-order chi connectivity index (χ1) is 10.1. The van der Waals surface area contributed by atoms with Crippen LogP contribution in [0.3, 0.4) is 0 Å². The number of hydrogen-bond acceptors (Lipinski definition) is 1. The molecular formula is C18H14ClNO. The molecule has 0 aliphatic carbocycles. The summed E-state index contributed by atoms with van der Waals surface area (Å²) in [6, 6.07) is 15.5. The summed E-state index contributed by atoms with van der Waals surface area (Å²) in [6.07, 6.45) is 3.95. The first-order valence-electron chi connectivity index (χ1n) is 6.70. The average molecular weight is 296 g/mol. The molecule has 0 bridgehead atoms. The van der Waals surface area contributed by atoms with E-state index in [9.17, 15) is 4.79 Å². The van der Waals surface area contributed by atoms with Gasteiger partial charge in [0.2, 0.25) is 0 Å². The lowest BCUT2D eigenvalue weighted by molar-refractivity contribution is -0.110. The Morgan fingerprint density at radius 1 is 1.14 bits per heavy atom. The third-order valence-electron chi connectivity index (χ3n) is 3.33. The highest BCUT2D eigenvalue weighted by Gasteiger charge is 2.23. The largest absolute Gasteiger partial charge is 0.321 e. The molecule has 0 saturated heterocycles. The van der Waals surface area contributed by atoms with E-state index < -0.39 is 0 Å². The van der Waals surface area contributed by atoms with Gasteiger partial charge in [-0.05, 0) is 36.3 Å². The number of fused-ring (bicyclic) bond motifs is 1. The molecule has 1 aliphatic heterocycles. The zero-order chi connectivity index (χ0) is 14.8. The number of carbonyl (C=O) groups excluding carboxylic acids is 1. The maximum absolute atomic E-state index is 12.1. The molecule has 0 atom stereocenters. The van der Waals surface area contributed by atoms with Gasteiger partial charge in [0.25, 0.3) is 5.91 Å². The third kappa shape index (κ3) is 2.91. The highest BCUT2D eigenvalue weighted by molar-refractivity contribution is 6.34. The number of carbonyl (C=O) groups is 1. The van der Waals surface area contributed by atoms with E-state index in [1.165, 1.54) is 0 Å². The van der Waals surface area contributed by atoms with Crippen molar-refractivity contribution in [3.05, 3.63) is 76.3 Å². The van der Waals surface area contributed by atoms with E-state index in [0.29, 0.717) is 10.6 Å². The Bertz CT molecular complexity index is 760. The van der Waals surface area contributed by atoms with E-state index in [1.807, 2.05) is 55.5 Å². The topological polar surface area (TPSA) is 29.1 Å². The molecule has 1 aliphatic rings. The minimum atomic E-state index is -0.0897. The predicted octanol–water partition coefficient (Wildman–Crippen LogP) is 4.78. The third-order valence-corrected chi connectivity index (χ3v) is 3.57. The average Bonchev–Trinajstić information content (AvgIpc) is 2.75. The number of halogens is 1. The van der Waals surface area contributed by atoms with Gasteiger partial charge in [-0.3, -0.25) is 4.79 Å². The Hall–Kier alpha value is -2.32. The zero-order valence-electron chi connectivity index (χ0n) is 11.6. The van der Waals surface area contributed by atoms with Crippen LogP contribution in [0.5, 0.6) is 0 Å². The number of nitrogens with one attached hydrogen (secondary N) is 1. The molecule has 1 amide bonds. The lowest BCUT2D eigenvalue weighted by Crippen LogP contribution is -2.03. The Kier molecular flexibility index (Phi) is 3.63. The van der Waals surface area contributed by atoms with Crippen molar-refractivity contribution in [1.82, 2.24) is 0 Å². The molecule has 104 valence electrons. The fraction of sp³-hybridized carbons (Fsp3) is 0.0556. The van der Waals surface area contributed by atoms with Crippen LogP contribution in [0.25, 0.3) is 11.6 Å². The molecule has 0 radical (unpaired) electrons. The van der Waals surface area contributed by atoms with E-state index >= 15 is 0 Å². The fourth-order valence-electron chi connectivity index (χ4n) is 2.39.